The van der Waals surface area contributed by atoms with Crippen LogP contribution in [0.2, 0.25) is 0 Å². The van der Waals surface area contributed by atoms with E-state index >= 15 is 0 Å². The molecule has 1 N–H and O–H groups in total. The summed E-state index contributed by atoms with van der Waals surface area (Å²) in [5.41, 5.74) is 7.25. The van der Waals surface area contributed by atoms with Gasteiger partial charge in [0.25, 0.3) is 0 Å². The molecule has 2 aromatic carbocycles. The molecule has 2 unspecified atom stereocenters. The molecule has 2 aliphatic heterocycles. The number of nitrogens with zero attached hydrogens (tertiary/aromatic N) is 2. The number of rotatable bonds is 1. The van der Waals surface area contributed by atoms with Crippen LogP contribution in [0, 0.1) is 0 Å². The number of benzene rings is 2. The molecule has 2 bridgehead atoms. The summed E-state index contributed by atoms with van der Waals surface area (Å²) in [6.45, 7) is 1.71. The maximum absolute atomic E-state index is 12.3. The number of fused-ring (bicyclic) bond motifs is 7. The van der Waals surface area contributed by atoms with Gasteiger partial charge in [0.05, 0.1) is 17.1 Å². The number of pyridine rings is 1. The van der Waals surface area contributed by atoms with Crippen molar-refractivity contribution < 1.29 is 4.79 Å². The smallest absolute Gasteiger partial charge is 0.220 e. The van der Waals surface area contributed by atoms with Crippen molar-refractivity contribution in [2.45, 2.75) is 38.3 Å². The Morgan fingerprint density at radius 2 is 2.07 bits per heavy atom. The van der Waals surface area contributed by atoms with Crippen LogP contribution in [0.3, 0.4) is 0 Å². The number of carbonyl (C=O) groups is 1. The van der Waals surface area contributed by atoms with Crippen LogP contribution < -0.4 is 0 Å². The van der Waals surface area contributed by atoms with E-state index in [0.717, 1.165) is 30.2 Å². The van der Waals surface area contributed by atoms with Gasteiger partial charge in [0.2, 0.25) is 5.91 Å². The minimum Gasteiger partial charge on any atom is -0.358 e. The van der Waals surface area contributed by atoms with E-state index < -0.39 is 0 Å². The van der Waals surface area contributed by atoms with Gasteiger partial charge in [0, 0.05) is 53.2 Å². The summed E-state index contributed by atoms with van der Waals surface area (Å²) in [6, 6.07) is 17.6. The van der Waals surface area contributed by atoms with Crippen molar-refractivity contribution in [3.63, 3.8) is 0 Å². The molecule has 0 saturated carbocycles. The lowest BCUT2D eigenvalue weighted by Gasteiger charge is -2.34. The Kier molecular flexibility index (Phi) is 3.22. The Balaban J connectivity index is 1.56. The Morgan fingerprint density at radius 1 is 1.14 bits per heavy atom. The molecule has 4 heteroatoms. The first kappa shape index (κ1) is 15.9. The quantitative estimate of drug-likeness (QED) is 0.515. The molecular weight excluding hydrogens is 346 g/mol. The summed E-state index contributed by atoms with van der Waals surface area (Å²) in [5, 5.41) is 2.41. The molecule has 28 heavy (non-hydrogen) atoms. The van der Waals surface area contributed by atoms with Crippen molar-refractivity contribution in [3.8, 4) is 11.1 Å². The van der Waals surface area contributed by atoms with E-state index in [-0.39, 0.29) is 11.9 Å². The zero-order valence-corrected chi connectivity index (χ0v) is 15.8. The zero-order chi connectivity index (χ0) is 18.8. The lowest BCUT2D eigenvalue weighted by molar-refractivity contribution is -0.132. The lowest BCUT2D eigenvalue weighted by Crippen LogP contribution is -2.40. The summed E-state index contributed by atoms with van der Waals surface area (Å²) in [7, 11) is 0. The maximum Gasteiger partial charge on any atom is 0.220 e. The molecule has 2 aromatic heterocycles. The monoisotopic (exact) mass is 367 g/mol. The number of aromatic amines is 1. The van der Waals surface area contributed by atoms with Crippen molar-refractivity contribution >= 4 is 27.7 Å². The molecule has 1 amide bonds. The second-order valence-corrected chi connectivity index (χ2v) is 8.03. The van der Waals surface area contributed by atoms with Crippen LogP contribution in [-0.4, -0.2) is 26.8 Å². The summed E-state index contributed by atoms with van der Waals surface area (Å²) in [5.74, 6) is 0.200. The highest BCUT2D eigenvalue weighted by Gasteiger charge is 2.43. The second kappa shape index (κ2) is 5.68. The van der Waals surface area contributed by atoms with Crippen LogP contribution >= 0.6 is 0 Å². The van der Waals surface area contributed by atoms with Gasteiger partial charge < -0.3 is 9.88 Å². The Morgan fingerprint density at radius 3 is 2.96 bits per heavy atom. The number of amides is 1. The van der Waals surface area contributed by atoms with Crippen LogP contribution in [0.25, 0.3) is 32.9 Å². The molecule has 0 aliphatic carbocycles. The van der Waals surface area contributed by atoms with Crippen LogP contribution in [0.5, 0.6) is 0 Å². The predicted molar refractivity (Wildman–Crippen MR) is 111 cm³/mol. The fourth-order valence-electron chi connectivity index (χ4n) is 5.40. The van der Waals surface area contributed by atoms with Gasteiger partial charge in [-0.15, -0.1) is 0 Å². The van der Waals surface area contributed by atoms with Gasteiger partial charge in [-0.2, -0.15) is 0 Å². The fourth-order valence-corrected chi connectivity index (χ4v) is 5.40. The largest absolute Gasteiger partial charge is 0.358 e. The molecule has 138 valence electrons. The molecule has 0 radical (unpaired) electrons. The van der Waals surface area contributed by atoms with Gasteiger partial charge in [0.15, 0.2) is 0 Å². The number of hydrogen-bond donors (Lipinski definition) is 1. The first-order valence-electron chi connectivity index (χ1n) is 9.98. The lowest BCUT2D eigenvalue weighted by atomic mass is 9.95. The number of aromatic nitrogens is 2. The van der Waals surface area contributed by atoms with Gasteiger partial charge in [-0.25, -0.2) is 0 Å². The molecule has 2 atom stereocenters. The average Bonchev–Trinajstić information content (AvgIpc) is 3.24. The van der Waals surface area contributed by atoms with Crippen molar-refractivity contribution in [1.82, 2.24) is 14.9 Å². The van der Waals surface area contributed by atoms with Gasteiger partial charge >= 0.3 is 0 Å². The normalized spacial score (nSPS) is 20.7. The van der Waals surface area contributed by atoms with Crippen molar-refractivity contribution in [2.24, 2.45) is 0 Å². The van der Waals surface area contributed by atoms with E-state index in [4.69, 9.17) is 0 Å². The Bertz CT molecular complexity index is 1260. The van der Waals surface area contributed by atoms with E-state index in [1.807, 2.05) is 12.3 Å². The number of para-hydroxylation sites is 1. The predicted octanol–water partition coefficient (Wildman–Crippen LogP) is 4.99. The fraction of sp³-hybridized carbons (Fsp3) is 0.250. The van der Waals surface area contributed by atoms with Gasteiger partial charge in [-0.05, 0) is 36.6 Å². The van der Waals surface area contributed by atoms with E-state index in [1.165, 1.54) is 33.3 Å². The minimum atomic E-state index is 0.200. The van der Waals surface area contributed by atoms with E-state index in [1.54, 1.807) is 6.92 Å². The Hall–Kier alpha value is -3.14. The molecule has 0 spiro atoms. The van der Waals surface area contributed by atoms with E-state index in [2.05, 4.69) is 57.3 Å². The number of hydrogen-bond acceptors (Lipinski definition) is 2. The van der Waals surface area contributed by atoms with Gasteiger partial charge in [-0.3, -0.25) is 9.78 Å². The maximum atomic E-state index is 12.3. The summed E-state index contributed by atoms with van der Waals surface area (Å²) in [6.07, 6.45) is 4.93. The SMILES string of the molecule is CC(=O)N1C2CCC1c1c([nH]c3c(-c4ccc5ncccc5c4)cccc13)C2. The second-order valence-electron chi connectivity index (χ2n) is 8.03. The first-order chi connectivity index (χ1) is 13.7. The van der Waals surface area contributed by atoms with E-state index in [0.29, 0.717) is 6.04 Å². The standard InChI is InChI=1S/C24H21N3O/c1-14(28)27-17-8-10-22(27)23-19-6-2-5-18(24(19)26-21(23)13-17)15-7-9-20-16(12-15)4-3-11-25-20/h2-7,9,11-12,17,22,26H,8,10,13H2,1H3. The molecule has 2 aliphatic rings. The van der Waals surface area contributed by atoms with Crippen LogP contribution in [0.1, 0.15) is 37.1 Å². The van der Waals surface area contributed by atoms with Gasteiger partial charge in [0.1, 0.15) is 0 Å². The highest BCUT2D eigenvalue weighted by Crippen LogP contribution is 2.47. The molecule has 1 fully saturated rings. The third-order valence-corrected chi connectivity index (χ3v) is 6.51. The van der Waals surface area contributed by atoms with Gasteiger partial charge in [-0.1, -0.05) is 30.3 Å². The van der Waals surface area contributed by atoms with Crippen molar-refractivity contribution in [3.05, 3.63) is 66.0 Å². The van der Waals surface area contributed by atoms with Crippen molar-refractivity contribution in [1.29, 1.82) is 0 Å². The molecule has 4 nitrogen and oxygen atoms in total. The molecular formula is C24H21N3O. The van der Waals surface area contributed by atoms with Crippen LogP contribution in [0.15, 0.2) is 54.7 Å². The molecule has 1 saturated heterocycles. The van der Waals surface area contributed by atoms with Crippen LogP contribution in [-0.2, 0) is 11.2 Å². The van der Waals surface area contributed by atoms with Crippen LogP contribution in [0.4, 0.5) is 0 Å². The number of H-pyrrole nitrogens is 1. The number of nitrogens with one attached hydrogen (secondary N) is 1. The van der Waals surface area contributed by atoms with E-state index in [9.17, 15) is 4.79 Å². The number of carbonyl (C=O) groups excluding carboxylic acids is 1. The van der Waals surface area contributed by atoms with Crippen molar-refractivity contribution in [2.75, 3.05) is 0 Å². The highest BCUT2D eigenvalue weighted by molar-refractivity contribution is 5.99. The third-order valence-electron chi connectivity index (χ3n) is 6.51. The topological polar surface area (TPSA) is 49.0 Å². The summed E-state index contributed by atoms with van der Waals surface area (Å²) >= 11 is 0. The summed E-state index contributed by atoms with van der Waals surface area (Å²) < 4.78 is 0. The molecule has 4 aromatic rings. The molecule has 4 heterocycles. The minimum absolute atomic E-state index is 0.200. The highest BCUT2D eigenvalue weighted by atomic mass is 16.2. The first-order valence-corrected chi connectivity index (χ1v) is 9.98. The average molecular weight is 367 g/mol. The third kappa shape index (κ3) is 2.12. The Labute approximate surface area is 163 Å². The zero-order valence-electron chi connectivity index (χ0n) is 15.8. The molecule has 6 rings (SSSR count). The summed E-state index contributed by atoms with van der Waals surface area (Å²) in [4.78, 5) is 22.5.